The lowest BCUT2D eigenvalue weighted by Crippen LogP contribution is -1.94. The number of pyridine rings is 1. The number of aromatic nitrogens is 4. The molecule has 0 N–H and O–H groups in total. The Bertz CT molecular complexity index is 782. The highest BCUT2D eigenvalue weighted by atomic mass is 79.9. The largest absolute Gasteiger partial charge is 0.226 e. The summed E-state index contributed by atoms with van der Waals surface area (Å²) in [5, 5.41) is 4.65. The summed E-state index contributed by atoms with van der Waals surface area (Å²) in [4.78, 5) is 8.16. The minimum Gasteiger partial charge on any atom is -0.226 e. The first-order valence-corrected chi connectivity index (χ1v) is 7.39. The Kier molecular flexibility index (Phi) is 3.48. The van der Waals surface area contributed by atoms with E-state index in [0.29, 0.717) is 5.92 Å². The minimum absolute atomic E-state index is 0.246. The minimum atomic E-state index is 0.246. The van der Waals surface area contributed by atoms with Gasteiger partial charge in [-0.05, 0) is 51.6 Å². The van der Waals surface area contributed by atoms with Gasteiger partial charge in [0.05, 0.1) is 17.4 Å². The van der Waals surface area contributed by atoms with Crippen molar-refractivity contribution < 1.29 is 0 Å². The fourth-order valence-electron chi connectivity index (χ4n) is 2.15. The normalized spacial score (nSPS) is 11.4. The molecule has 0 aliphatic carbocycles. The molecule has 3 aromatic rings. The summed E-state index contributed by atoms with van der Waals surface area (Å²) in [6, 6.07) is 5.89. The predicted octanol–water partition coefficient (Wildman–Crippen LogP) is 4.33. The second kappa shape index (κ2) is 5.14. The van der Waals surface area contributed by atoms with Gasteiger partial charge in [-0.3, -0.25) is 0 Å². The third-order valence-corrected chi connectivity index (χ3v) is 3.90. The number of nitrogens with zero attached hydrogens (tertiary/aromatic N) is 4. The first-order chi connectivity index (χ1) is 9.56. The highest BCUT2D eigenvalue weighted by Gasteiger charge is 2.12. The van der Waals surface area contributed by atoms with E-state index in [9.17, 15) is 0 Å². The van der Waals surface area contributed by atoms with Crippen LogP contribution in [-0.2, 0) is 0 Å². The molecule has 3 rings (SSSR count). The number of fused-ring (bicyclic) bond motifs is 1. The van der Waals surface area contributed by atoms with Crippen LogP contribution in [0.15, 0.2) is 35.2 Å². The van der Waals surface area contributed by atoms with Gasteiger partial charge >= 0.3 is 0 Å². The zero-order valence-electron chi connectivity index (χ0n) is 11.0. The van der Waals surface area contributed by atoms with Crippen molar-refractivity contribution in [1.82, 2.24) is 19.6 Å². The van der Waals surface area contributed by atoms with E-state index in [2.05, 4.69) is 50.9 Å². The number of halogens is 2. The third-order valence-electron chi connectivity index (χ3n) is 3.15. The smallest absolute Gasteiger partial charge is 0.222 e. The average Bonchev–Trinajstić information content (AvgIpc) is 2.83. The topological polar surface area (TPSA) is 43.1 Å². The Morgan fingerprint density at radius 3 is 2.80 bits per heavy atom. The van der Waals surface area contributed by atoms with Crippen LogP contribution in [0.2, 0.25) is 5.28 Å². The van der Waals surface area contributed by atoms with E-state index in [4.69, 9.17) is 11.6 Å². The third kappa shape index (κ3) is 2.31. The molecule has 0 aliphatic heterocycles. The number of rotatable bonds is 2. The summed E-state index contributed by atoms with van der Waals surface area (Å²) < 4.78 is 2.76. The van der Waals surface area contributed by atoms with Gasteiger partial charge in [0.2, 0.25) is 5.28 Å². The maximum Gasteiger partial charge on any atom is 0.222 e. The second-order valence-corrected chi connectivity index (χ2v) is 5.98. The van der Waals surface area contributed by atoms with Crippen LogP contribution in [0.25, 0.3) is 16.8 Å². The molecule has 0 amide bonds. The molecule has 0 saturated heterocycles. The fourth-order valence-corrected chi connectivity index (χ4v) is 2.83. The second-order valence-electron chi connectivity index (χ2n) is 4.83. The molecule has 0 radical (unpaired) electrons. The molecule has 102 valence electrons. The van der Waals surface area contributed by atoms with E-state index in [1.807, 2.05) is 22.8 Å². The lowest BCUT2D eigenvalue weighted by atomic mass is 10.0. The van der Waals surface area contributed by atoms with Crippen molar-refractivity contribution in [3.05, 3.63) is 46.0 Å². The summed E-state index contributed by atoms with van der Waals surface area (Å²) in [5.41, 5.74) is 4.05. The lowest BCUT2D eigenvalue weighted by molar-refractivity contribution is 0.875. The van der Waals surface area contributed by atoms with Gasteiger partial charge in [-0.2, -0.15) is 5.10 Å². The molecule has 0 atom stereocenters. The summed E-state index contributed by atoms with van der Waals surface area (Å²) >= 11 is 9.41. The molecule has 0 bridgehead atoms. The van der Waals surface area contributed by atoms with Crippen LogP contribution in [0, 0.1) is 0 Å². The fraction of sp³-hybridized carbons (Fsp3) is 0.214. The van der Waals surface area contributed by atoms with Crippen LogP contribution in [-0.4, -0.2) is 19.6 Å². The molecule has 0 fully saturated rings. The molecule has 4 nitrogen and oxygen atoms in total. The van der Waals surface area contributed by atoms with Crippen molar-refractivity contribution >= 4 is 33.0 Å². The van der Waals surface area contributed by atoms with Gasteiger partial charge in [-0.1, -0.05) is 13.8 Å². The van der Waals surface area contributed by atoms with Gasteiger partial charge in [-0.25, -0.2) is 14.5 Å². The Morgan fingerprint density at radius 2 is 2.10 bits per heavy atom. The van der Waals surface area contributed by atoms with Crippen LogP contribution in [0.4, 0.5) is 0 Å². The van der Waals surface area contributed by atoms with Gasteiger partial charge in [0, 0.05) is 17.3 Å². The maximum atomic E-state index is 5.86. The quantitative estimate of drug-likeness (QED) is 0.510. The zero-order chi connectivity index (χ0) is 14.3. The van der Waals surface area contributed by atoms with E-state index < -0.39 is 0 Å². The van der Waals surface area contributed by atoms with Crippen LogP contribution in [0.3, 0.4) is 0 Å². The van der Waals surface area contributed by atoms with E-state index >= 15 is 0 Å². The molecule has 3 heterocycles. The molecule has 6 heteroatoms. The summed E-state index contributed by atoms with van der Waals surface area (Å²) in [6.45, 7) is 4.30. The Morgan fingerprint density at radius 1 is 1.30 bits per heavy atom. The zero-order valence-corrected chi connectivity index (χ0v) is 13.4. The van der Waals surface area contributed by atoms with Crippen LogP contribution >= 0.6 is 27.5 Å². The molecule has 0 aromatic carbocycles. The molecule has 0 spiro atoms. The summed E-state index contributed by atoms with van der Waals surface area (Å²) in [6.07, 6.45) is 3.56. The van der Waals surface area contributed by atoms with Crippen molar-refractivity contribution in [3.63, 3.8) is 0 Å². The summed E-state index contributed by atoms with van der Waals surface area (Å²) in [5.74, 6) is 0.406. The van der Waals surface area contributed by atoms with Gasteiger partial charge in [-0.15, -0.1) is 0 Å². The van der Waals surface area contributed by atoms with Gasteiger partial charge in [0.1, 0.15) is 4.60 Å². The number of hydrogen-bond donors (Lipinski definition) is 0. The van der Waals surface area contributed by atoms with Crippen molar-refractivity contribution in [2.75, 3.05) is 0 Å². The average molecular weight is 352 g/mol. The Labute approximate surface area is 129 Å². The van der Waals surface area contributed by atoms with Crippen molar-refractivity contribution in [1.29, 1.82) is 0 Å². The van der Waals surface area contributed by atoms with Gasteiger partial charge in [0.15, 0.2) is 0 Å². The Balaban J connectivity index is 2.25. The lowest BCUT2D eigenvalue weighted by Gasteiger charge is -2.07. The van der Waals surface area contributed by atoms with E-state index in [1.54, 1.807) is 6.20 Å². The standard InChI is InChI=1S/C14H12BrClN4/c1-8(2)10-7-18-20-12(10)5-9(6-13(20)15)11-3-4-17-14(16)19-11/h3-8H,1-2H3. The predicted molar refractivity (Wildman–Crippen MR) is 83.0 cm³/mol. The molecule has 3 aromatic heterocycles. The SMILES string of the molecule is CC(C)c1cnn2c(Br)cc(-c3ccnc(Cl)n3)cc12. The van der Waals surface area contributed by atoms with Crippen LogP contribution in [0.1, 0.15) is 25.3 Å². The molecule has 0 saturated carbocycles. The first kappa shape index (κ1) is 13.5. The number of hydrogen-bond acceptors (Lipinski definition) is 3. The molecule has 0 aliphatic rings. The van der Waals surface area contributed by atoms with Crippen molar-refractivity contribution in [2.45, 2.75) is 19.8 Å². The highest BCUT2D eigenvalue weighted by molar-refractivity contribution is 9.10. The van der Waals surface area contributed by atoms with Crippen molar-refractivity contribution in [2.24, 2.45) is 0 Å². The molecule has 20 heavy (non-hydrogen) atoms. The van der Waals surface area contributed by atoms with E-state index in [-0.39, 0.29) is 5.28 Å². The van der Waals surface area contributed by atoms with Crippen LogP contribution in [0.5, 0.6) is 0 Å². The summed E-state index contributed by atoms with van der Waals surface area (Å²) in [7, 11) is 0. The first-order valence-electron chi connectivity index (χ1n) is 6.22. The Hall–Kier alpha value is -1.46. The van der Waals surface area contributed by atoms with Crippen LogP contribution < -0.4 is 0 Å². The molecular formula is C14H12BrClN4. The van der Waals surface area contributed by atoms with Crippen molar-refractivity contribution in [3.8, 4) is 11.3 Å². The highest BCUT2D eigenvalue weighted by Crippen LogP contribution is 2.28. The van der Waals surface area contributed by atoms with Gasteiger partial charge in [0.25, 0.3) is 0 Å². The van der Waals surface area contributed by atoms with Gasteiger partial charge < -0.3 is 0 Å². The molecule has 0 unspecified atom stereocenters. The van der Waals surface area contributed by atoms with E-state index in [1.165, 1.54) is 5.56 Å². The van der Waals surface area contributed by atoms with E-state index in [0.717, 1.165) is 21.4 Å². The monoisotopic (exact) mass is 350 g/mol. The maximum absolute atomic E-state index is 5.86. The molecular weight excluding hydrogens is 340 g/mol.